The summed E-state index contributed by atoms with van der Waals surface area (Å²) in [6.45, 7) is 0. The molecule has 0 aliphatic heterocycles. The van der Waals surface area contributed by atoms with Gasteiger partial charge in [-0.15, -0.1) is 0 Å². The third kappa shape index (κ3) is 2.49. The molecule has 1 heterocycles. The van der Waals surface area contributed by atoms with Gasteiger partial charge in [0.1, 0.15) is 0 Å². The van der Waals surface area contributed by atoms with Gasteiger partial charge in [-0.2, -0.15) is 0 Å². The number of hydrogen-bond donors (Lipinski definition) is 1. The van der Waals surface area contributed by atoms with Gasteiger partial charge < -0.3 is 10.2 Å². The first-order valence-electron chi connectivity index (χ1n) is 4.93. The van der Waals surface area contributed by atoms with Crippen LogP contribution in [0.1, 0.15) is 31.2 Å². The zero-order chi connectivity index (χ0) is 9.97. The summed E-state index contributed by atoms with van der Waals surface area (Å²) in [5, 5.41) is 0. The second-order valence-corrected chi connectivity index (χ2v) is 4.62. The highest BCUT2D eigenvalue weighted by Crippen LogP contribution is 2.25. The quantitative estimate of drug-likeness (QED) is 0.837. The maximum absolute atomic E-state index is 5.91. The standard InChI is InChI=1S/C11H14BrNO/c12-11-6-9(7-14-11)4-8-2-1-3-10(13)5-8/h4,6-7,10H,1-3,5,13H2/b8-4-. The molecule has 2 N–H and O–H groups in total. The number of nitrogens with two attached hydrogens (primary N) is 1. The Labute approximate surface area is 92.3 Å². The summed E-state index contributed by atoms with van der Waals surface area (Å²) in [5.74, 6) is 0. The van der Waals surface area contributed by atoms with Crippen LogP contribution in [0.2, 0.25) is 0 Å². The molecule has 0 bridgehead atoms. The lowest BCUT2D eigenvalue weighted by Gasteiger charge is -2.20. The van der Waals surface area contributed by atoms with Crippen LogP contribution in [0.4, 0.5) is 0 Å². The van der Waals surface area contributed by atoms with E-state index in [4.69, 9.17) is 10.2 Å². The van der Waals surface area contributed by atoms with Crippen molar-refractivity contribution < 1.29 is 4.42 Å². The Balaban J connectivity index is 2.09. The molecule has 2 nitrogen and oxygen atoms in total. The molecule has 1 aromatic rings. The van der Waals surface area contributed by atoms with Crippen LogP contribution in [-0.2, 0) is 0 Å². The maximum Gasteiger partial charge on any atom is 0.169 e. The molecular weight excluding hydrogens is 242 g/mol. The van der Waals surface area contributed by atoms with Gasteiger partial charge in [-0.25, -0.2) is 0 Å². The zero-order valence-corrected chi connectivity index (χ0v) is 9.59. The van der Waals surface area contributed by atoms with Gasteiger partial charge in [-0.3, -0.25) is 0 Å². The first-order chi connectivity index (χ1) is 6.74. The summed E-state index contributed by atoms with van der Waals surface area (Å²) in [5.41, 5.74) is 8.48. The van der Waals surface area contributed by atoms with Crippen LogP contribution in [0.5, 0.6) is 0 Å². The van der Waals surface area contributed by atoms with Gasteiger partial charge in [0.15, 0.2) is 4.67 Å². The Hall–Kier alpha value is -0.540. The minimum absolute atomic E-state index is 0.352. The molecule has 14 heavy (non-hydrogen) atoms. The molecule has 0 spiro atoms. The van der Waals surface area contributed by atoms with Crippen LogP contribution in [-0.4, -0.2) is 6.04 Å². The predicted molar refractivity (Wildman–Crippen MR) is 60.8 cm³/mol. The average Bonchev–Trinajstić information content (AvgIpc) is 2.51. The zero-order valence-electron chi connectivity index (χ0n) is 8.00. The molecule has 1 aliphatic carbocycles. The number of rotatable bonds is 1. The fourth-order valence-electron chi connectivity index (χ4n) is 1.90. The summed E-state index contributed by atoms with van der Waals surface area (Å²) in [4.78, 5) is 0. The molecule has 0 radical (unpaired) electrons. The van der Waals surface area contributed by atoms with Crippen molar-refractivity contribution in [3.8, 4) is 0 Å². The van der Waals surface area contributed by atoms with E-state index in [1.165, 1.54) is 18.4 Å². The normalized spacial score (nSPS) is 25.6. The maximum atomic E-state index is 5.91. The molecule has 1 atom stereocenters. The molecule has 2 rings (SSSR count). The highest BCUT2D eigenvalue weighted by atomic mass is 79.9. The van der Waals surface area contributed by atoms with Crippen LogP contribution in [0, 0.1) is 0 Å². The van der Waals surface area contributed by atoms with E-state index < -0.39 is 0 Å². The summed E-state index contributed by atoms with van der Waals surface area (Å²) >= 11 is 3.29. The molecule has 1 fully saturated rings. The highest BCUT2D eigenvalue weighted by molar-refractivity contribution is 9.10. The average molecular weight is 256 g/mol. The fraction of sp³-hybridized carbons (Fsp3) is 0.455. The van der Waals surface area contributed by atoms with Crippen molar-refractivity contribution in [2.75, 3.05) is 0 Å². The SMILES string of the molecule is NC1CCC/C(=C/c2coc(Br)c2)C1. The molecule has 1 unspecified atom stereocenters. The lowest BCUT2D eigenvalue weighted by Crippen LogP contribution is -2.23. The molecule has 0 aromatic carbocycles. The van der Waals surface area contributed by atoms with E-state index in [-0.39, 0.29) is 0 Å². The number of hydrogen-bond acceptors (Lipinski definition) is 2. The van der Waals surface area contributed by atoms with Crippen molar-refractivity contribution in [3.05, 3.63) is 28.1 Å². The Kier molecular flexibility index (Phi) is 3.08. The van der Waals surface area contributed by atoms with E-state index >= 15 is 0 Å². The molecule has 1 aromatic heterocycles. The summed E-state index contributed by atoms with van der Waals surface area (Å²) in [7, 11) is 0. The Bertz CT molecular complexity index is 343. The van der Waals surface area contributed by atoms with Gasteiger partial charge in [0.05, 0.1) is 6.26 Å². The van der Waals surface area contributed by atoms with E-state index in [2.05, 4.69) is 22.0 Å². The third-order valence-electron chi connectivity index (χ3n) is 2.56. The van der Waals surface area contributed by atoms with Gasteiger partial charge in [0, 0.05) is 11.6 Å². The summed E-state index contributed by atoms with van der Waals surface area (Å²) in [6, 6.07) is 2.33. The van der Waals surface area contributed by atoms with Crippen LogP contribution in [0.25, 0.3) is 6.08 Å². The van der Waals surface area contributed by atoms with Crippen LogP contribution in [0.15, 0.2) is 27.0 Å². The van der Waals surface area contributed by atoms with Crippen molar-refractivity contribution in [2.45, 2.75) is 31.7 Å². The van der Waals surface area contributed by atoms with Crippen molar-refractivity contribution in [1.82, 2.24) is 0 Å². The first kappa shape index (κ1) is 9.99. The van der Waals surface area contributed by atoms with Gasteiger partial charge in [0.25, 0.3) is 0 Å². The van der Waals surface area contributed by atoms with E-state index in [9.17, 15) is 0 Å². The lowest BCUT2D eigenvalue weighted by atomic mass is 9.90. The minimum Gasteiger partial charge on any atom is -0.457 e. The predicted octanol–water partition coefficient (Wildman–Crippen LogP) is 3.33. The van der Waals surface area contributed by atoms with E-state index in [1.54, 1.807) is 6.26 Å². The molecule has 3 heteroatoms. The third-order valence-corrected chi connectivity index (χ3v) is 2.97. The van der Waals surface area contributed by atoms with Crippen LogP contribution < -0.4 is 5.73 Å². The fourth-order valence-corrected chi connectivity index (χ4v) is 2.26. The Morgan fingerprint density at radius 3 is 3.07 bits per heavy atom. The van der Waals surface area contributed by atoms with E-state index in [0.29, 0.717) is 6.04 Å². The van der Waals surface area contributed by atoms with Crippen LogP contribution in [0.3, 0.4) is 0 Å². The molecule has 0 saturated heterocycles. The lowest BCUT2D eigenvalue weighted by molar-refractivity contribution is 0.520. The topological polar surface area (TPSA) is 39.2 Å². The number of furan rings is 1. The van der Waals surface area contributed by atoms with Crippen molar-refractivity contribution in [1.29, 1.82) is 0 Å². The first-order valence-corrected chi connectivity index (χ1v) is 5.72. The molecular formula is C11H14BrNO. The number of halogens is 1. The summed E-state index contributed by atoms with van der Waals surface area (Å²) in [6.07, 6.45) is 8.53. The monoisotopic (exact) mass is 255 g/mol. The van der Waals surface area contributed by atoms with Crippen molar-refractivity contribution >= 4 is 22.0 Å². The second-order valence-electron chi connectivity index (χ2n) is 3.84. The van der Waals surface area contributed by atoms with Gasteiger partial charge in [0.2, 0.25) is 0 Å². The van der Waals surface area contributed by atoms with Crippen molar-refractivity contribution in [3.63, 3.8) is 0 Å². The Morgan fingerprint density at radius 1 is 1.57 bits per heavy atom. The second kappa shape index (κ2) is 4.32. The largest absolute Gasteiger partial charge is 0.457 e. The summed E-state index contributed by atoms with van der Waals surface area (Å²) < 4.78 is 5.96. The highest BCUT2D eigenvalue weighted by Gasteiger charge is 2.12. The minimum atomic E-state index is 0.352. The van der Waals surface area contributed by atoms with E-state index in [1.807, 2.05) is 6.07 Å². The van der Waals surface area contributed by atoms with Crippen molar-refractivity contribution in [2.24, 2.45) is 5.73 Å². The Morgan fingerprint density at radius 2 is 2.43 bits per heavy atom. The molecule has 76 valence electrons. The van der Waals surface area contributed by atoms with Crippen LogP contribution >= 0.6 is 15.9 Å². The van der Waals surface area contributed by atoms with Gasteiger partial charge in [-0.05, 0) is 47.7 Å². The smallest absolute Gasteiger partial charge is 0.169 e. The van der Waals surface area contributed by atoms with Gasteiger partial charge >= 0.3 is 0 Å². The molecule has 1 aliphatic rings. The van der Waals surface area contributed by atoms with Gasteiger partial charge in [-0.1, -0.05) is 11.6 Å². The van der Waals surface area contributed by atoms with E-state index in [0.717, 1.165) is 23.1 Å². The molecule has 1 saturated carbocycles. The molecule has 0 amide bonds.